The summed E-state index contributed by atoms with van der Waals surface area (Å²) in [4.78, 5) is 41.4. The lowest BCUT2D eigenvalue weighted by Crippen LogP contribution is -2.35. The summed E-state index contributed by atoms with van der Waals surface area (Å²) in [6, 6.07) is 12.9. The molecule has 3 heterocycles. The number of pyridine rings is 1. The summed E-state index contributed by atoms with van der Waals surface area (Å²) in [6.45, 7) is 1.39. The zero-order chi connectivity index (χ0) is 21.0. The number of hydrogen-bond acceptors (Lipinski definition) is 5. The topological polar surface area (TPSA) is 96.8 Å². The van der Waals surface area contributed by atoms with Crippen LogP contribution in [-0.2, 0) is 16.1 Å². The Labute approximate surface area is 170 Å². The highest BCUT2D eigenvalue weighted by Gasteiger charge is 2.28. The van der Waals surface area contributed by atoms with Crippen molar-refractivity contribution < 1.29 is 14.3 Å². The molecule has 0 bridgehead atoms. The van der Waals surface area contributed by atoms with Gasteiger partial charge in [0.05, 0.1) is 13.5 Å². The van der Waals surface area contributed by atoms with Gasteiger partial charge in [0, 0.05) is 27.4 Å². The number of aromatic amines is 1. The highest BCUT2D eigenvalue weighted by atomic mass is 16.5. The first-order valence-corrected chi connectivity index (χ1v) is 9.49. The molecule has 1 N–H and O–H groups in total. The number of hydrogen-bond donors (Lipinski definition) is 1. The highest BCUT2D eigenvalue weighted by molar-refractivity contribution is 6.19. The first kappa shape index (κ1) is 18.1. The van der Waals surface area contributed by atoms with Gasteiger partial charge in [-0.15, -0.1) is 0 Å². The van der Waals surface area contributed by atoms with Crippen LogP contribution in [-0.4, -0.2) is 39.2 Å². The molecule has 4 aromatic rings. The number of fused-ring (bicyclic) bond motifs is 5. The van der Waals surface area contributed by atoms with Gasteiger partial charge in [0.15, 0.2) is 0 Å². The van der Waals surface area contributed by atoms with Crippen LogP contribution in [0.1, 0.15) is 13.3 Å². The van der Waals surface area contributed by atoms with Gasteiger partial charge < -0.3 is 9.72 Å². The Hall–Kier alpha value is -3.94. The van der Waals surface area contributed by atoms with Gasteiger partial charge in [0.2, 0.25) is 0 Å². The number of amides is 2. The van der Waals surface area contributed by atoms with Crippen LogP contribution in [0.3, 0.4) is 0 Å². The molecular formula is C22H18N4O4. The fourth-order valence-corrected chi connectivity index (χ4v) is 4.00. The summed E-state index contributed by atoms with van der Waals surface area (Å²) in [7, 11) is 1.60. The third-order valence-electron chi connectivity index (χ3n) is 5.37. The van der Waals surface area contributed by atoms with Crippen molar-refractivity contribution in [3.05, 3.63) is 52.8 Å². The van der Waals surface area contributed by atoms with Crippen molar-refractivity contribution in [3.8, 4) is 5.75 Å². The molecule has 0 saturated carbocycles. The van der Waals surface area contributed by atoms with Gasteiger partial charge in [-0.2, -0.15) is 10.1 Å². The third-order valence-corrected chi connectivity index (χ3v) is 5.37. The molecule has 0 fully saturated rings. The van der Waals surface area contributed by atoms with Crippen molar-refractivity contribution in [3.63, 3.8) is 0 Å². The SMILES string of the molecule is COc1ccc2[nH]c3c(c2c1)c1ccccc1c(=O)n3CC(=O)N1N=C(C)CC1=O. The average Bonchev–Trinajstić information content (AvgIpc) is 3.29. The van der Waals surface area contributed by atoms with Crippen LogP contribution >= 0.6 is 0 Å². The van der Waals surface area contributed by atoms with E-state index in [9.17, 15) is 14.4 Å². The maximum Gasteiger partial charge on any atom is 0.270 e. The fraction of sp³-hybridized carbons (Fsp3) is 0.182. The predicted octanol–water partition coefficient (Wildman–Crippen LogP) is 2.78. The number of aromatic nitrogens is 2. The summed E-state index contributed by atoms with van der Waals surface area (Å²) in [5.74, 6) is -0.246. The fourth-order valence-electron chi connectivity index (χ4n) is 4.00. The van der Waals surface area contributed by atoms with E-state index in [0.717, 1.165) is 26.7 Å². The Morgan fingerprint density at radius 2 is 1.90 bits per heavy atom. The second-order valence-corrected chi connectivity index (χ2v) is 7.31. The van der Waals surface area contributed by atoms with Crippen LogP contribution in [0.2, 0.25) is 0 Å². The Balaban J connectivity index is 1.79. The molecule has 0 radical (unpaired) electrons. The lowest BCUT2D eigenvalue weighted by atomic mass is 10.1. The van der Waals surface area contributed by atoms with E-state index in [4.69, 9.17) is 4.74 Å². The van der Waals surface area contributed by atoms with Crippen LogP contribution < -0.4 is 10.3 Å². The lowest BCUT2D eigenvalue weighted by Gasteiger charge is -2.13. The van der Waals surface area contributed by atoms with E-state index in [-0.39, 0.29) is 24.4 Å². The minimum atomic E-state index is -0.549. The number of ether oxygens (including phenoxy) is 1. The summed E-state index contributed by atoms with van der Waals surface area (Å²) < 4.78 is 6.74. The Morgan fingerprint density at radius 3 is 2.60 bits per heavy atom. The van der Waals surface area contributed by atoms with Gasteiger partial charge in [0.1, 0.15) is 17.9 Å². The molecule has 1 aliphatic rings. The Kier molecular flexibility index (Phi) is 3.95. The van der Waals surface area contributed by atoms with Crippen molar-refractivity contribution >= 4 is 50.2 Å². The zero-order valence-electron chi connectivity index (χ0n) is 16.4. The number of nitrogens with zero attached hydrogens (tertiary/aromatic N) is 3. The van der Waals surface area contributed by atoms with Crippen LogP contribution in [0.5, 0.6) is 5.75 Å². The molecule has 0 aliphatic carbocycles. The predicted molar refractivity (Wildman–Crippen MR) is 114 cm³/mol. The molecule has 150 valence electrons. The van der Waals surface area contributed by atoms with Gasteiger partial charge in [0.25, 0.3) is 17.4 Å². The van der Waals surface area contributed by atoms with E-state index in [1.807, 2.05) is 30.3 Å². The van der Waals surface area contributed by atoms with Gasteiger partial charge in [-0.3, -0.25) is 19.0 Å². The number of nitrogens with one attached hydrogen (secondary N) is 1. The Bertz CT molecular complexity index is 1460. The van der Waals surface area contributed by atoms with Crippen LogP contribution in [0.4, 0.5) is 0 Å². The van der Waals surface area contributed by atoms with E-state index in [1.165, 1.54) is 4.57 Å². The summed E-state index contributed by atoms with van der Waals surface area (Å²) in [5.41, 5.74) is 1.59. The van der Waals surface area contributed by atoms with Gasteiger partial charge in [-0.25, -0.2) is 0 Å². The number of H-pyrrole nitrogens is 1. The summed E-state index contributed by atoms with van der Waals surface area (Å²) in [5, 5.41) is 7.85. The normalized spacial score (nSPS) is 14.1. The first-order valence-electron chi connectivity index (χ1n) is 9.49. The molecule has 5 rings (SSSR count). The number of methoxy groups -OCH3 is 1. The minimum Gasteiger partial charge on any atom is -0.497 e. The van der Waals surface area contributed by atoms with Crippen molar-refractivity contribution in [1.29, 1.82) is 0 Å². The molecule has 30 heavy (non-hydrogen) atoms. The van der Waals surface area contributed by atoms with Crippen molar-refractivity contribution in [2.24, 2.45) is 5.10 Å². The smallest absolute Gasteiger partial charge is 0.270 e. The van der Waals surface area contributed by atoms with Crippen LogP contribution in [0, 0.1) is 0 Å². The molecule has 1 aliphatic heterocycles. The van der Waals surface area contributed by atoms with Gasteiger partial charge in [-0.05, 0) is 36.6 Å². The van der Waals surface area contributed by atoms with Gasteiger partial charge >= 0.3 is 0 Å². The molecule has 2 aromatic heterocycles. The van der Waals surface area contributed by atoms with Gasteiger partial charge in [-0.1, -0.05) is 18.2 Å². The number of rotatable bonds is 3. The molecule has 2 amide bonds. The van der Waals surface area contributed by atoms with Crippen LogP contribution in [0.25, 0.3) is 32.7 Å². The number of carbonyl (C=O) groups excluding carboxylic acids is 2. The number of carbonyl (C=O) groups is 2. The third kappa shape index (κ3) is 2.61. The molecule has 8 heteroatoms. The molecule has 0 spiro atoms. The van der Waals surface area contributed by atoms with E-state index in [0.29, 0.717) is 22.5 Å². The van der Waals surface area contributed by atoms with E-state index in [2.05, 4.69) is 10.1 Å². The molecule has 0 saturated heterocycles. The second-order valence-electron chi connectivity index (χ2n) is 7.31. The van der Waals surface area contributed by atoms with E-state index in [1.54, 1.807) is 26.2 Å². The summed E-state index contributed by atoms with van der Waals surface area (Å²) in [6.07, 6.45) is 0.111. The minimum absolute atomic E-state index is 0.111. The maximum absolute atomic E-state index is 13.3. The standard InChI is InChI=1S/C22H18N4O4/c1-12-9-18(27)26(24-12)19(28)11-25-21-20(14-5-3-4-6-15(14)22(25)29)16-10-13(30-2)7-8-17(16)23-21/h3-8,10,23H,9,11H2,1-2H3. The second kappa shape index (κ2) is 6.55. The van der Waals surface area contributed by atoms with E-state index >= 15 is 0 Å². The van der Waals surface area contributed by atoms with Crippen LogP contribution in [0.15, 0.2) is 52.4 Å². The number of imide groups is 1. The molecule has 8 nitrogen and oxygen atoms in total. The number of hydrazone groups is 1. The monoisotopic (exact) mass is 402 g/mol. The van der Waals surface area contributed by atoms with Crippen molar-refractivity contribution in [2.75, 3.05) is 7.11 Å². The maximum atomic E-state index is 13.3. The zero-order valence-corrected chi connectivity index (χ0v) is 16.4. The quantitative estimate of drug-likeness (QED) is 0.570. The summed E-state index contributed by atoms with van der Waals surface area (Å²) >= 11 is 0. The molecular weight excluding hydrogens is 384 g/mol. The van der Waals surface area contributed by atoms with Crippen molar-refractivity contribution in [1.82, 2.24) is 14.6 Å². The highest BCUT2D eigenvalue weighted by Crippen LogP contribution is 2.33. The molecule has 0 atom stereocenters. The molecule has 0 unspecified atom stereocenters. The average molecular weight is 402 g/mol. The lowest BCUT2D eigenvalue weighted by molar-refractivity contribution is -0.143. The number of benzene rings is 2. The molecule has 2 aromatic carbocycles. The Morgan fingerprint density at radius 1 is 1.13 bits per heavy atom. The first-order chi connectivity index (χ1) is 14.5. The van der Waals surface area contributed by atoms with Crippen molar-refractivity contribution in [2.45, 2.75) is 19.9 Å². The largest absolute Gasteiger partial charge is 0.497 e. The van der Waals surface area contributed by atoms with E-state index < -0.39 is 5.91 Å².